The van der Waals surface area contributed by atoms with Gasteiger partial charge in [0.1, 0.15) is 0 Å². The van der Waals surface area contributed by atoms with Crippen LogP contribution >= 0.6 is 15.9 Å². The first-order chi connectivity index (χ1) is 11.2. The Hall–Kier alpha value is -1.71. The van der Waals surface area contributed by atoms with Gasteiger partial charge in [-0.15, -0.1) is 0 Å². The second-order valence-corrected chi connectivity index (χ2v) is 7.19. The lowest BCUT2D eigenvalue weighted by molar-refractivity contribution is 0.243. The van der Waals surface area contributed by atoms with Crippen LogP contribution < -0.4 is 0 Å². The van der Waals surface area contributed by atoms with E-state index in [-0.39, 0.29) is 0 Å². The molecule has 1 aliphatic rings. The Morgan fingerprint density at radius 2 is 1.96 bits per heavy atom. The van der Waals surface area contributed by atoms with Crippen LogP contribution in [0.1, 0.15) is 22.4 Å². The molecule has 0 amide bonds. The maximum atomic E-state index is 4.91. The largest absolute Gasteiger partial charge is 0.294 e. The number of benzene rings is 2. The first-order valence-corrected chi connectivity index (χ1v) is 8.84. The van der Waals surface area contributed by atoms with Gasteiger partial charge in [-0.3, -0.25) is 9.88 Å². The molecule has 1 aromatic heterocycles. The number of pyridine rings is 1. The van der Waals surface area contributed by atoms with Gasteiger partial charge in [0.15, 0.2) is 0 Å². The SMILES string of the molecule is Cc1c2c(nc3ccc(Br)cc13)CCN(Cc1ccccc1)C2. The lowest BCUT2D eigenvalue weighted by Gasteiger charge is -2.30. The third kappa shape index (κ3) is 2.91. The quantitative estimate of drug-likeness (QED) is 0.643. The summed E-state index contributed by atoms with van der Waals surface area (Å²) < 4.78 is 1.12. The van der Waals surface area contributed by atoms with Crippen molar-refractivity contribution in [3.8, 4) is 0 Å². The average Bonchev–Trinajstić information content (AvgIpc) is 2.57. The summed E-state index contributed by atoms with van der Waals surface area (Å²) in [5, 5.41) is 1.26. The zero-order valence-electron chi connectivity index (χ0n) is 13.2. The molecule has 2 aromatic carbocycles. The highest BCUT2D eigenvalue weighted by Gasteiger charge is 2.21. The first-order valence-electron chi connectivity index (χ1n) is 8.04. The van der Waals surface area contributed by atoms with Crippen molar-refractivity contribution in [2.45, 2.75) is 26.4 Å². The van der Waals surface area contributed by atoms with Crippen molar-refractivity contribution in [3.05, 3.63) is 75.4 Å². The second kappa shape index (κ2) is 6.06. The fourth-order valence-corrected chi connectivity index (χ4v) is 3.82. The van der Waals surface area contributed by atoms with E-state index < -0.39 is 0 Å². The Balaban J connectivity index is 1.68. The molecule has 116 valence electrons. The molecule has 2 nitrogen and oxygen atoms in total. The van der Waals surface area contributed by atoms with Crippen molar-refractivity contribution < 1.29 is 0 Å². The summed E-state index contributed by atoms with van der Waals surface area (Å²) in [6.45, 7) is 5.32. The van der Waals surface area contributed by atoms with E-state index in [1.54, 1.807) is 0 Å². The van der Waals surface area contributed by atoms with Crippen molar-refractivity contribution >= 4 is 26.8 Å². The van der Waals surface area contributed by atoms with Gasteiger partial charge in [0.05, 0.1) is 5.52 Å². The third-order valence-electron chi connectivity index (χ3n) is 4.71. The smallest absolute Gasteiger partial charge is 0.0708 e. The van der Waals surface area contributed by atoms with Gasteiger partial charge >= 0.3 is 0 Å². The Morgan fingerprint density at radius 3 is 2.78 bits per heavy atom. The van der Waals surface area contributed by atoms with Crippen LogP contribution in [0.5, 0.6) is 0 Å². The minimum Gasteiger partial charge on any atom is -0.294 e. The molecule has 0 N–H and O–H groups in total. The molecule has 0 saturated carbocycles. The van der Waals surface area contributed by atoms with Gasteiger partial charge in [-0.1, -0.05) is 46.3 Å². The van der Waals surface area contributed by atoms with E-state index in [2.05, 4.69) is 76.3 Å². The van der Waals surface area contributed by atoms with Crippen LogP contribution in [0.2, 0.25) is 0 Å². The van der Waals surface area contributed by atoms with Crippen LogP contribution in [-0.2, 0) is 19.5 Å². The summed E-state index contributed by atoms with van der Waals surface area (Å²) in [6, 6.07) is 17.1. The van der Waals surface area contributed by atoms with Gasteiger partial charge in [0.2, 0.25) is 0 Å². The number of hydrogen-bond donors (Lipinski definition) is 0. The van der Waals surface area contributed by atoms with Crippen LogP contribution in [0.3, 0.4) is 0 Å². The normalized spacial score (nSPS) is 14.9. The highest BCUT2D eigenvalue weighted by Crippen LogP contribution is 2.29. The standard InChI is InChI=1S/C20H19BrN2/c1-14-17-11-16(21)7-8-19(17)22-20-9-10-23(13-18(14)20)12-15-5-3-2-4-6-15/h2-8,11H,9-10,12-13H2,1H3. The number of hydrogen-bond acceptors (Lipinski definition) is 2. The summed E-state index contributed by atoms with van der Waals surface area (Å²) >= 11 is 3.58. The molecule has 0 atom stereocenters. The molecule has 0 saturated heterocycles. The van der Waals surface area contributed by atoms with Crippen LogP contribution in [0.15, 0.2) is 53.0 Å². The van der Waals surface area contributed by atoms with Gasteiger partial charge < -0.3 is 0 Å². The maximum Gasteiger partial charge on any atom is 0.0708 e. The minimum atomic E-state index is 0.992. The summed E-state index contributed by atoms with van der Waals surface area (Å²) in [5.74, 6) is 0. The Morgan fingerprint density at radius 1 is 1.13 bits per heavy atom. The summed E-state index contributed by atoms with van der Waals surface area (Å²) in [7, 11) is 0. The molecule has 23 heavy (non-hydrogen) atoms. The molecule has 3 aromatic rings. The molecule has 0 radical (unpaired) electrons. The number of aryl methyl sites for hydroxylation is 1. The number of nitrogens with zero attached hydrogens (tertiary/aromatic N) is 2. The highest BCUT2D eigenvalue weighted by molar-refractivity contribution is 9.10. The number of halogens is 1. The lowest BCUT2D eigenvalue weighted by atomic mass is 9.96. The second-order valence-electron chi connectivity index (χ2n) is 6.27. The molecule has 0 bridgehead atoms. The van der Waals surface area contributed by atoms with E-state index >= 15 is 0 Å². The molecule has 0 aliphatic carbocycles. The minimum absolute atomic E-state index is 0.992. The van der Waals surface area contributed by atoms with Crippen LogP contribution in [0, 0.1) is 6.92 Å². The van der Waals surface area contributed by atoms with Crippen molar-refractivity contribution in [3.63, 3.8) is 0 Å². The maximum absolute atomic E-state index is 4.91. The first kappa shape index (κ1) is 14.9. The highest BCUT2D eigenvalue weighted by atomic mass is 79.9. The van der Waals surface area contributed by atoms with E-state index in [0.717, 1.165) is 36.0 Å². The summed E-state index contributed by atoms with van der Waals surface area (Å²) in [5.41, 5.74) is 6.56. The van der Waals surface area contributed by atoms with Crippen LogP contribution in [0.25, 0.3) is 10.9 Å². The van der Waals surface area contributed by atoms with Gasteiger partial charge in [0, 0.05) is 41.6 Å². The predicted molar refractivity (Wildman–Crippen MR) is 98.4 cm³/mol. The molecule has 3 heteroatoms. The summed E-state index contributed by atoms with van der Waals surface area (Å²) in [4.78, 5) is 7.44. The van der Waals surface area contributed by atoms with Crippen molar-refractivity contribution in [2.24, 2.45) is 0 Å². The van der Waals surface area contributed by atoms with E-state index in [1.807, 2.05) is 0 Å². The zero-order chi connectivity index (χ0) is 15.8. The van der Waals surface area contributed by atoms with Gasteiger partial charge in [-0.05, 0) is 41.8 Å². The molecular weight excluding hydrogens is 348 g/mol. The Bertz CT molecular complexity index is 858. The molecule has 2 heterocycles. The number of rotatable bonds is 2. The fourth-order valence-electron chi connectivity index (χ4n) is 3.46. The van der Waals surface area contributed by atoms with Gasteiger partial charge in [-0.2, -0.15) is 0 Å². The fraction of sp³-hybridized carbons (Fsp3) is 0.250. The third-order valence-corrected chi connectivity index (χ3v) is 5.21. The average molecular weight is 367 g/mol. The van der Waals surface area contributed by atoms with Gasteiger partial charge in [-0.25, -0.2) is 0 Å². The molecule has 0 fully saturated rings. The lowest BCUT2D eigenvalue weighted by Crippen LogP contribution is -2.31. The van der Waals surface area contributed by atoms with Crippen molar-refractivity contribution in [1.82, 2.24) is 9.88 Å². The Labute approximate surface area is 145 Å². The zero-order valence-corrected chi connectivity index (χ0v) is 14.8. The number of fused-ring (bicyclic) bond motifs is 2. The molecule has 4 rings (SSSR count). The predicted octanol–water partition coefficient (Wildman–Crippen LogP) is 4.86. The number of aromatic nitrogens is 1. The Kier molecular flexibility index (Phi) is 3.92. The topological polar surface area (TPSA) is 16.1 Å². The molecule has 1 aliphatic heterocycles. The molecular formula is C20H19BrN2. The van der Waals surface area contributed by atoms with Crippen molar-refractivity contribution in [1.29, 1.82) is 0 Å². The molecule has 0 unspecified atom stereocenters. The van der Waals surface area contributed by atoms with E-state index in [1.165, 1.54) is 27.8 Å². The molecule has 0 spiro atoms. The van der Waals surface area contributed by atoms with Crippen LogP contribution in [-0.4, -0.2) is 16.4 Å². The van der Waals surface area contributed by atoms with Crippen LogP contribution in [0.4, 0.5) is 0 Å². The summed E-state index contributed by atoms with van der Waals surface area (Å²) in [6.07, 6.45) is 1.04. The monoisotopic (exact) mass is 366 g/mol. The van der Waals surface area contributed by atoms with E-state index in [9.17, 15) is 0 Å². The van der Waals surface area contributed by atoms with E-state index in [0.29, 0.717) is 0 Å². The van der Waals surface area contributed by atoms with E-state index in [4.69, 9.17) is 4.98 Å². The van der Waals surface area contributed by atoms with Crippen molar-refractivity contribution in [2.75, 3.05) is 6.54 Å². The van der Waals surface area contributed by atoms with Gasteiger partial charge in [0.25, 0.3) is 0 Å².